The maximum atomic E-state index is 8.60. The zero-order chi connectivity index (χ0) is 6.27. The zero-order valence-electron chi connectivity index (χ0n) is 5.25. The second-order valence-corrected chi connectivity index (χ2v) is 3.02. The highest BCUT2D eigenvalue weighted by molar-refractivity contribution is 5.14. The van der Waals surface area contributed by atoms with Gasteiger partial charge in [0.2, 0.25) is 0 Å². The van der Waals surface area contributed by atoms with Crippen molar-refractivity contribution >= 4 is 0 Å². The summed E-state index contributed by atoms with van der Waals surface area (Å²) >= 11 is 0. The van der Waals surface area contributed by atoms with Gasteiger partial charge in [0, 0.05) is 0 Å². The number of hydrogen-bond acceptors (Lipinski definition) is 1. The molecule has 2 rings (SSSR count). The van der Waals surface area contributed by atoms with Crippen LogP contribution in [0.25, 0.3) is 0 Å². The monoisotopic (exact) mass is 119 g/mol. The Kier molecular flexibility index (Phi) is 0.900. The van der Waals surface area contributed by atoms with Gasteiger partial charge in [-0.3, -0.25) is 0 Å². The molecule has 1 saturated carbocycles. The van der Waals surface area contributed by atoms with E-state index >= 15 is 0 Å². The lowest BCUT2D eigenvalue weighted by Gasteiger charge is -2.06. The Bertz CT molecular complexity index is 187. The van der Waals surface area contributed by atoms with Crippen molar-refractivity contribution in [2.75, 3.05) is 0 Å². The fourth-order valence-electron chi connectivity index (χ4n) is 1.93. The first-order valence-electron chi connectivity index (χ1n) is 3.48. The van der Waals surface area contributed by atoms with Crippen molar-refractivity contribution in [2.45, 2.75) is 12.8 Å². The Morgan fingerprint density at radius 2 is 2.22 bits per heavy atom. The predicted molar refractivity (Wildman–Crippen MR) is 34.5 cm³/mol. The highest BCUT2D eigenvalue weighted by Crippen LogP contribution is 2.42. The fraction of sp³-hybridized carbons (Fsp3) is 0.625. The van der Waals surface area contributed by atoms with Crippen LogP contribution in [0.2, 0.25) is 0 Å². The summed E-state index contributed by atoms with van der Waals surface area (Å²) in [5.74, 6) is 1.71. The van der Waals surface area contributed by atoms with E-state index in [2.05, 4.69) is 18.2 Å². The van der Waals surface area contributed by atoms with Gasteiger partial charge in [-0.1, -0.05) is 12.2 Å². The molecule has 3 atom stereocenters. The van der Waals surface area contributed by atoms with Crippen LogP contribution in [0.1, 0.15) is 12.8 Å². The van der Waals surface area contributed by atoms with Gasteiger partial charge in [0.05, 0.1) is 12.0 Å². The second kappa shape index (κ2) is 1.60. The van der Waals surface area contributed by atoms with Crippen molar-refractivity contribution in [3.05, 3.63) is 12.2 Å². The Morgan fingerprint density at radius 1 is 1.33 bits per heavy atom. The maximum Gasteiger partial charge on any atom is 0.0662 e. The molecule has 0 aromatic carbocycles. The van der Waals surface area contributed by atoms with Crippen molar-refractivity contribution in [3.8, 4) is 6.07 Å². The molecule has 2 aliphatic rings. The predicted octanol–water partition coefficient (Wildman–Crippen LogP) is 1.72. The summed E-state index contributed by atoms with van der Waals surface area (Å²) in [7, 11) is 0. The fourth-order valence-corrected chi connectivity index (χ4v) is 1.93. The molecule has 0 aromatic heterocycles. The topological polar surface area (TPSA) is 23.8 Å². The van der Waals surface area contributed by atoms with Crippen molar-refractivity contribution < 1.29 is 0 Å². The molecule has 9 heavy (non-hydrogen) atoms. The lowest BCUT2D eigenvalue weighted by Crippen LogP contribution is -2.02. The average Bonchev–Trinajstić information content (AvgIpc) is 2.45. The number of rotatable bonds is 0. The minimum Gasteiger partial charge on any atom is -0.198 e. The lowest BCUT2D eigenvalue weighted by molar-refractivity contribution is 0.563. The Hall–Kier alpha value is -0.770. The van der Waals surface area contributed by atoms with Crippen LogP contribution >= 0.6 is 0 Å². The molecule has 0 aromatic rings. The van der Waals surface area contributed by atoms with Crippen molar-refractivity contribution in [1.29, 1.82) is 5.26 Å². The van der Waals surface area contributed by atoms with Gasteiger partial charge in [0.1, 0.15) is 0 Å². The van der Waals surface area contributed by atoms with E-state index in [1.807, 2.05) is 0 Å². The first-order chi connectivity index (χ1) is 4.40. The molecule has 0 aliphatic heterocycles. The summed E-state index contributed by atoms with van der Waals surface area (Å²) in [6.45, 7) is 0. The van der Waals surface area contributed by atoms with Gasteiger partial charge in [-0.05, 0) is 24.7 Å². The van der Waals surface area contributed by atoms with Crippen LogP contribution in [0, 0.1) is 29.1 Å². The Morgan fingerprint density at radius 3 is 2.56 bits per heavy atom. The number of nitriles is 1. The molecule has 0 saturated heterocycles. The van der Waals surface area contributed by atoms with Crippen LogP contribution in [-0.2, 0) is 0 Å². The quantitative estimate of drug-likeness (QED) is 0.445. The molecule has 0 radical (unpaired) electrons. The Labute approximate surface area is 55.0 Å². The normalized spacial score (nSPS) is 45.4. The van der Waals surface area contributed by atoms with Gasteiger partial charge in [0.15, 0.2) is 0 Å². The number of fused-ring (bicyclic) bond motifs is 2. The van der Waals surface area contributed by atoms with Crippen LogP contribution in [-0.4, -0.2) is 0 Å². The van der Waals surface area contributed by atoms with Crippen molar-refractivity contribution in [2.24, 2.45) is 17.8 Å². The third kappa shape index (κ3) is 0.595. The summed E-state index contributed by atoms with van der Waals surface area (Å²) in [5.41, 5.74) is 0. The zero-order valence-corrected chi connectivity index (χ0v) is 5.25. The summed E-state index contributed by atoms with van der Waals surface area (Å²) in [6.07, 6.45) is 6.84. The number of allylic oxidation sites excluding steroid dienone is 2. The van der Waals surface area contributed by atoms with Gasteiger partial charge in [-0.25, -0.2) is 0 Å². The summed E-state index contributed by atoms with van der Waals surface area (Å²) in [5, 5.41) is 8.60. The first-order valence-corrected chi connectivity index (χ1v) is 3.48. The van der Waals surface area contributed by atoms with Gasteiger partial charge < -0.3 is 0 Å². The van der Waals surface area contributed by atoms with Crippen LogP contribution in [0.5, 0.6) is 0 Å². The van der Waals surface area contributed by atoms with Gasteiger partial charge in [-0.15, -0.1) is 0 Å². The van der Waals surface area contributed by atoms with Crippen molar-refractivity contribution in [1.82, 2.24) is 0 Å². The van der Waals surface area contributed by atoms with E-state index in [9.17, 15) is 0 Å². The smallest absolute Gasteiger partial charge is 0.0662 e. The number of nitrogens with zero attached hydrogens (tertiary/aromatic N) is 1. The molecule has 2 aliphatic carbocycles. The summed E-state index contributed by atoms with van der Waals surface area (Å²) in [4.78, 5) is 0. The lowest BCUT2D eigenvalue weighted by atomic mass is 9.95. The molecule has 1 fully saturated rings. The van der Waals surface area contributed by atoms with Crippen LogP contribution < -0.4 is 0 Å². The summed E-state index contributed by atoms with van der Waals surface area (Å²) in [6, 6.07) is 2.34. The van der Waals surface area contributed by atoms with Gasteiger partial charge in [-0.2, -0.15) is 5.26 Å². The molecule has 46 valence electrons. The third-order valence-electron chi connectivity index (χ3n) is 2.44. The maximum absolute atomic E-state index is 8.60. The molecule has 2 bridgehead atoms. The SMILES string of the molecule is N#CC1C[C@@H]2C=C[C@H]1C2. The van der Waals surface area contributed by atoms with Crippen LogP contribution in [0.15, 0.2) is 12.2 Å². The molecule has 1 nitrogen and oxygen atoms in total. The molecule has 1 heteroatoms. The van der Waals surface area contributed by atoms with E-state index in [1.165, 1.54) is 6.42 Å². The van der Waals surface area contributed by atoms with E-state index in [0.717, 1.165) is 12.3 Å². The molecule has 0 amide bonds. The van der Waals surface area contributed by atoms with Crippen LogP contribution in [0.3, 0.4) is 0 Å². The third-order valence-corrected chi connectivity index (χ3v) is 2.44. The average molecular weight is 119 g/mol. The first kappa shape index (κ1) is 5.05. The Balaban J connectivity index is 2.22. The molecule has 0 heterocycles. The summed E-state index contributed by atoms with van der Waals surface area (Å²) < 4.78 is 0. The standard InChI is InChI=1S/C8H9N/c9-5-8-4-6-1-2-7(8)3-6/h1-2,6-8H,3-4H2/t6-,7+,8?/m1/s1. The minimum atomic E-state index is 0.347. The molecule has 1 unspecified atom stereocenters. The number of hydrogen-bond donors (Lipinski definition) is 0. The molecular weight excluding hydrogens is 110 g/mol. The molecule has 0 spiro atoms. The molecule has 0 N–H and O–H groups in total. The van der Waals surface area contributed by atoms with E-state index in [0.29, 0.717) is 11.8 Å². The highest BCUT2D eigenvalue weighted by Gasteiger charge is 2.35. The van der Waals surface area contributed by atoms with Crippen LogP contribution in [0.4, 0.5) is 0 Å². The largest absolute Gasteiger partial charge is 0.198 e. The highest BCUT2D eigenvalue weighted by atomic mass is 14.4. The van der Waals surface area contributed by atoms with E-state index < -0.39 is 0 Å². The van der Waals surface area contributed by atoms with Gasteiger partial charge in [0.25, 0.3) is 0 Å². The van der Waals surface area contributed by atoms with Gasteiger partial charge >= 0.3 is 0 Å². The second-order valence-electron chi connectivity index (χ2n) is 3.02. The molecular formula is C8H9N. The minimum absolute atomic E-state index is 0.347. The van der Waals surface area contributed by atoms with E-state index in [4.69, 9.17) is 5.26 Å². The van der Waals surface area contributed by atoms with E-state index in [1.54, 1.807) is 0 Å². The van der Waals surface area contributed by atoms with E-state index in [-0.39, 0.29) is 0 Å². The van der Waals surface area contributed by atoms with Crippen molar-refractivity contribution in [3.63, 3.8) is 0 Å².